The van der Waals surface area contributed by atoms with Crippen molar-refractivity contribution in [1.82, 2.24) is 10.6 Å². The van der Waals surface area contributed by atoms with E-state index < -0.39 is 167 Å². The van der Waals surface area contributed by atoms with Crippen LogP contribution in [0.3, 0.4) is 0 Å². The van der Waals surface area contributed by atoms with E-state index in [4.69, 9.17) is 33.2 Å². The zero-order valence-corrected chi connectivity index (χ0v) is 29.4. The van der Waals surface area contributed by atoms with E-state index in [0.29, 0.717) is 0 Å². The Morgan fingerprint density at radius 3 is 1.62 bits per heavy atom. The maximum absolute atomic E-state index is 12.3. The lowest BCUT2D eigenvalue weighted by Crippen LogP contribution is -2.70. The lowest BCUT2D eigenvalue weighted by molar-refractivity contribution is -0.362. The summed E-state index contributed by atoms with van der Waals surface area (Å²) in [5.41, 5.74) is 0. The minimum atomic E-state index is -1.96. The van der Waals surface area contributed by atoms with Crippen LogP contribution < -0.4 is 10.6 Å². The van der Waals surface area contributed by atoms with Crippen molar-refractivity contribution < 1.29 is 98.9 Å². The molecule has 20 atom stereocenters. The summed E-state index contributed by atoms with van der Waals surface area (Å²) >= 11 is 0. The average molecular weight is 775 g/mol. The fourth-order valence-corrected chi connectivity index (χ4v) is 7.06. The van der Waals surface area contributed by atoms with Gasteiger partial charge >= 0.3 is 0 Å². The third-order valence-electron chi connectivity index (χ3n) is 9.89. The van der Waals surface area contributed by atoms with Crippen molar-refractivity contribution in [2.75, 3.05) is 33.0 Å². The Morgan fingerprint density at radius 2 is 1.06 bits per heavy atom. The minimum absolute atomic E-state index is 0.0904. The Balaban J connectivity index is 1.51. The van der Waals surface area contributed by atoms with Crippen LogP contribution in [0.1, 0.15) is 27.2 Å². The van der Waals surface area contributed by atoms with E-state index in [0.717, 1.165) is 6.92 Å². The molecule has 4 saturated heterocycles. The van der Waals surface area contributed by atoms with Crippen LogP contribution in [0.2, 0.25) is 0 Å². The summed E-state index contributed by atoms with van der Waals surface area (Å²) in [6, 6.07) is -2.51. The second kappa shape index (κ2) is 19.4. The Bertz CT molecular complexity index is 1170. The highest BCUT2D eigenvalue weighted by atomic mass is 16.8. The fraction of sp³-hybridized carbons (Fsp3) is 0.935. The molecule has 2 amide bonds. The van der Waals surface area contributed by atoms with Crippen molar-refractivity contribution in [3.05, 3.63) is 0 Å². The number of aliphatic hydroxyl groups is 11. The van der Waals surface area contributed by atoms with Gasteiger partial charge in [-0.05, 0) is 13.3 Å². The lowest BCUT2D eigenvalue weighted by Gasteiger charge is -2.49. The van der Waals surface area contributed by atoms with Gasteiger partial charge in [0.1, 0.15) is 79.3 Å². The predicted molar refractivity (Wildman–Crippen MR) is 170 cm³/mol. The maximum atomic E-state index is 12.3. The van der Waals surface area contributed by atoms with Gasteiger partial charge in [-0.3, -0.25) is 9.59 Å². The molecule has 4 rings (SSSR count). The first kappa shape index (κ1) is 43.9. The topological polar surface area (TPSA) is 345 Å². The zero-order valence-electron chi connectivity index (χ0n) is 29.4. The van der Waals surface area contributed by atoms with Gasteiger partial charge in [0, 0.05) is 26.4 Å². The van der Waals surface area contributed by atoms with E-state index in [1.54, 1.807) is 6.92 Å². The molecule has 0 aromatic rings. The number of rotatable bonds is 14. The first-order valence-corrected chi connectivity index (χ1v) is 17.4. The molecule has 4 fully saturated rings. The molecule has 8 unspecified atom stereocenters. The summed E-state index contributed by atoms with van der Waals surface area (Å²) in [5, 5.41) is 120. The fourth-order valence-electron chi connectivity index (χ4n) is 7.06. The molecule has 0 radical (unpaired) electrons. The molecule has 53 heavy (non-hydrogen) atoms. The maximum Gasteiger partial charge on any atom is 0.217 e. The van der Waals surface area contributed by atoms with Crippen molar-refractivity contribution in [3.8, 4) is 0 Å². The summed E-state index contributed by atoms with van der Waals surface area (Å²) in [6.07, 6.45) is -26.1. The van der Waals surface area contributed by atoms with Gasteiger partial charge in [0.2, 0.25) is 11.8 Å². The summed E-state index contributed by atoms with van der Waals surface area (Å²) in [6.45, 7) is 0.669. The number of hydrogen-bond acceptors (Lipinski definition) is 20. The number of aliphatic hydroxyl groups excluding tert-OH is 11. The van der Waals surface area contributed by atoms with Crippen molar-refractivity contribution >= 4 is 11.8 Å². The van der Waals surface area contributed by atoms with Crippen molar-refractivity contribution in [2.24, 2.45) is 5.92 Å². The largest absolute Gasteiger partial charge is 0.396 e. The van der Waals surface area contributed by atoms with E-state index in [1.165, 1.54) is 6.92 Å². The SMILES string of the molecule is CC(=O)NC1[C@H](O[C@@H]2C(CO)O[C@@H](C)C(NC(C)=O)[C@H]2O)OC(CO)[C@@H](O[C@@H]2OC(CO[C@H]3OC(CO)[C@@H](O)[C@H](O)C3CCO)[C@@H](O)[C@H](O)C2O)[C@@H]1O. The Hall–Kier alpha value is -1.78. The molecule has 22 nitrogen and oxygen atoms in total. The first-order valence-electron chi connectivity index (χ1n) is 17.4. The average Bonchev–Trinajstić information content (AvgIpc) is 3.11. The van der Waals surface area contributed by atoms with Gasteiger partial charge in [-0.2, -0.15) is 0 Å². The van der Waals surface area contributed by atoms with E-state index in [-0.39, 0.29) is 6.42 Å². The Morgan fingerprint density at radius 1 is 0.566 bits per heavy atom. The molecule has 0 aromatic heterocycles. The molecule has 308 valence electrons. The second-order valence-electron chi connectivity index (χ2n) is 13.7. The monoisotopic (exact) mass is 774 g/mol. The van der Waals surface area contributed by atoms with E-state index in [2.05, 4.69) is 10.6 Å². The summed E-state index contributed by atoms with van der Waals surface area (Å²) < 4.78 is 40.4. The third-order valence-corrected chi connectivity index (χ3v) is 9.89. The molecule has 0 aromatic carbocycles. The molecular weight excluding hydrogens is 720 g/mol. The molecule has 0 saturated carbocycles. The van der Waals surface area contributed by atoms with Crippen LogP contribution in [-0.2, 0) is 42.7 Å². The highest BCUT2D eigenvalue weighted by Crippen LogP contribution is 2.34. The van der Waals surface area contributed by atoms with E-state index in [1.807, 2.05) is 0 Å². The number of hydrogen-bond donors (Lipinski definition) is 13. The smallest absolute Gasteiger partial charge is 0.217 e. The van der Waals surface area contributed by atoms with Crippen LogP contribution in [0.4, 0.5) is 0 Å². The summed E-state index contributed by atoms with van der Waals surface area (Å²) in [4.78, 5) is 24.1. The van der Waals surface area contributed by atoms with Crippen molar-refractivity contribution in [2.45, 2.75) is 144 Å². The van der Waals surface area contributed by atoms with Crippen LogP contribution in [-0.4, -0.2) is 217 Å². The molecule has 4 heterocycles. The van der Waals surface area contributed by atoms with Crippen molar-refractivity contribution in [1.29, 1.82) is 0 Å². The van der Waals surface area contributed by atoms with Crippen LogP contribution in [0.15, 0.2) is 0 Å². The molecule has 4 aliphatic heterocycles. The van der Waals surface area contributed by atoms with Gasteiger partial charge in [0.05, 0.1) is 44.7 Å². The number of nitrogens with one attached hydrogen (secondary N) is 2. The third kappa shape index (κ3) is 9.97. The highest BCUT2D eigenvalue weighted by Gasteiger charge is 2.54. The Kier molecular flexibility index (Phi) is 16.1. The molecule has 4 aliphatic rings. The zero-order chi connectivity index (χ0) is 39.3. The van der Waals surface area contributed by atoms with Gasteiger partial charge in [0.25, 0.3) is 0 Å². The van der Waals surface area contributed by atoms with Crippen LogP contribution >= 0.6 is 0 Å². The molecule has 0 bridgehead atoms. The van der Waals surface area contributed by atoms with Crippen molar-refractivity contribution in [3.63, 3.8) is 0 Å². The Labute approximate surface area is 304 Å². The van der Waals surface area contributed by atoms with Gasteiger partial charge < -0.3 is 100.0 Å². The van der Waals surface area contributed by atoms with Gasteiger partial charge in [0.15, 0.2) is 18.9 Å². The molecule has 0 aliphatic carbocycles. The standard InChI is InChI=1S/C31H54N2O20/c1-10-18(32-11(2)38)23(43)27(15(7-36)48-10)52-30-19(33-12(3)39)24(44)28(16(8-37)50-30)53-31-26(46)25(45)22(42)17(51-31)9-47-29-13(4-5-34)20(40)21(41)14(6-35)49-29/h10,13-31,34-37,40-46H,4-9H2,1-3H3,(H,32,38)(H,33,39)/t10-,13?,14?,15?,16?,17?,18?,19?,20+,21+,22+,23+,24+,25-,26?,27+,28+,29-,30-,31-/m0/s1. The van der Waals surface area contributed by atoms with Crippen LogP contribution in [0.25, 0.3) is 0 Å². The molecule has 0 spiro atoms. The normalized spacial score (nSPS) is 46.5. The number of ether oxygens (including phenoxy) is 7. The van der Waals surface area contributed by atoms with Crippen LogP contribution in [0.5, 0.6) is 0 Å². The number of carbonyl (C=O) groups excluding carboxylic acids is 2. The first-order chi connectivity index (χ1) is 25.1. The second-order valence-corrected chi connectivity index (χ2v) is 13.7. The van der Waals surface area contributed by atoms with E-state index in [9.17, 15) is 65.8 Å². The van der Waals surface area contributed by atoms with Gasteiger partial charge in [-0.15, -0.1) is 0 Å². The molecular formula is C31H54N2O20. The summed E-state index contributed by atoms with van der Waals surface area (Å²) in [7, 11) is 0. The van der Waals surface area contributed by atoms with E-state index >= 15 is 0 Å². The van der Waals surface area contributed by atoms with Crippen LogP contribution in [0, 0.1) is 5.92 Å². The quantitative estimate of drug-likeness (QED) is 0.0779. The van der Waals surface area contributed by atoms with Gasteiger partial charge in [-0.1, -0.05) is 0 Å². The highest BCUT2D eigenvalue weighted by molar-refractivity contribution is 5.73. The van der Waals surface area contributed by atoms with Gasteiger partial charge in [-0.25, -0.2) is 0 Å². The lowest BCUT2D eigenvalue weighted by atomic mass is 9.88. The molecule has 22 heteroatoms. The number of carbonyl (C=O) groups is 2. The predicted octanol–water partition coefficient (Wildman–Crippen LogP) is -7.75. The summed E-state index contributed by atoms with van der Waals surface area (Å²) in [5.74, 6) is -2.17. The number of amides is 2. The minimum Gasteiger partial charge on any atom is -0.396 e. The molecule has 13 N–H and O–H groups in total.